The van der Waals surface area contributed by atoms with Crippen molar-refractivity contribution in [2.24, 2.45) is 0 Å². The summed E-state index contributed by atoms with van der Waals surface area (Å²) in [6, 6.07) is 8.06. The van der Waals surface area contributed by atoms with Gasteiger partial charge >= 0.3 is 0 Å². The van der Waals surface area contributed by atoms with Crippen LogP contribution in [0.4, 0.5) is 5.69 Å². The first-order chi connectivity index (χ1) is 11.0. The molecule has 0 bridgehead atoms. The first-order valence-corrected chi connectivity index (χ1v) is 7.39. The topological polar surface area (TPSA) is 99.0 Å². The van der Waals surface area contributed by atoms with Crippen LogP contribution in [0.1, 0.15) is 23.3 Å². The monoisotopic (exact) mass is 316 g/mol. The number of anilines is 1. The summed E-state index contributed by atoms with van der Waals surface area (Å²) >= 11 is 0. The van der Waals surface area contributed by atoms with Gasteiger partial charge in [-0.2, -0.15) is 0 Å². The summed E-state index contributed by atoms with van der Waals surface area (Å²) in [6.07, 6.45) is 1.35. The molecule has 1 atom stereocenters. The Labute approximate surface area is 134 Å². The van der Waals surface area contributed by atoms with Crippen molar-refractivity contribution >= 4 is 17.6 Å². The van der Waals surface area contributed by atoms with Crippen molar-refractivity contribution in [3.63, 3.8) is 0 Å². The minimum atomic E-state index is -1.27. The number of rotatable bonds is 7. The number of carbonyl (C=O) groups is 2. The largest absolute Gasteiger partial charge is 0.544 e. The number of amides is 1. The maximum absolute atomic E-state index is 12.0. The van der Waals surface area contributed by atoms with Crippen LogP contribution < -0.4 is 15.7 Å². The molecule has 6 heteroatoms. The number of hydrogen-bond donors (Lipinski definition) is 2. The molecule has 0 aliphatic carbocycles. The molecule has 0 aliphatic rings. The molecule has 0 spiro atoms. The van der Waals surface area contributed by atoms with Gasteiger partial charge in [0, 0.05) is 5.69 Å². The predicted octanol–water partition coefficient (Wildman–Crippen LogP) is 0.107. The fourth-order valence-electron chi connectivity index (χ4n) is 2.18. The van der Waals surface area contributed by atoms with E-state index in [1.54, 1.807) is 18.2 Å². The highest BCUT2D eigenvalue weighted by Crippen LogP contribution is 2.14. The van der Waals surface area contributed by atoms with Crippen molar-refractivity contribution in [2.45, 2.75) is 32.9 Å². The fraction of sp³-hybridized carbons (Fsp3) is 0.294. The molecule has 1 aromatic carbocycles. The first-order valence-electron chi connectivity index (χ1n) is 7.39. The molecule has 122 valence electrons. The van der Waals surface area contributed by atoms with Crippen molar-refractivity contribution in [3.05, 3.63) is 53.5 Å². The van der Waals surface area contributed by atoms with Gasteiger partial charge in [0.1, 0.15) is 12.6 Å². The van der Waals surface area contributed by atoms with Crippen LogP contribution in [0.2, 0.25) is 0 Å². The van der Waals surface area contributed by atoms with Gasteiger partial charge in [-0.1, -0.05) is 6.07 Å². The van der Waals surface area contributed by atoms with E-state index in [1.165, 1.54) is 11.6 Å². The van der Waals surface area contributed by atoms with Crippen LogP contribution in [0.5, 0.6) is 0 Å². The van der Waals surface area contributed by atoms with Crippen LogP contribution in [-0.2, 0) is 16.1 Å². The fourth-order valence-corrected chi connectivity index (χ4v) is 2.18. The predicted molar refractivity (Wildman–Crippen MR) is 82.3 cm³/mol. The highest BCUT2D eigenvalue weighted by atomic mass is 16.4. The van der Waals surface area contributed by atoms with E-state index in [0.717, 1.165) is 11.1 Å². The Morgan fingerprint density at radius 2 is 2.04 bits per heavy atom. The number of benzene rings is 1. The lowest BCUT2D eigenvalue weighted by Crippen LogP contribution is -2.92. The number of quaternary nitrogens is 1. The van der Waals surface area contributed by atoms with E-state index in [1.807, 2.05) is 26.0 Å². The highest BCUT2D eigenvalue weighted by Gasteiger charge is 2.19. The number of furan rings is 1. The molecule has 2 rings (SSSR count). The van der Waals surface area contributed by atoms with E-state index in [-0.39, 0.29) is 12.3 Å². The summed E-state index contributed by atoms with van der Waals surface area (Å²) < 4.78 is 5.14. The Morgan fingerprint density at radius 1 is 1.26 bits per heavy atom. The molecular weight excluding hydrogens is 296 g/mol. The van der Waals surface area contributed by atoms with Gasteiger partial charge in [0.15, 0.2) is 5.76 Å². The Bertz CT molecular complexity index is 680. The minimum absolute atomic E-state index is 0.171. The van der Waals surface area contributed by atoms with Crippen LogP contribution in [-0.4, -0.2) is 17.9 Å². The lowest BCUT2D eigenvalue weighted by molar-refractivity contribution is -0.698. The Kier molecular flexibility index (Phi) is 5.54. The number of carbonyl (C=O) groups excluding carboxylic acids is 2. The number of aryl methyl sites for hydroxylation is 2. The molecule has 0 fully saturated rings. The van der Waals surface area contributed by atoms with Crippen molar-refractivity contribution < 1.29 is 24.4 Å². The quantitative estimate of drug-likeness (QED) is 0.757. The van der Waals surface area contributed by atoms with Gasteiger partial charge in [0.25, 0.3) is 0 Å². The molecule has 23 heavy (non-hydrogen) atoms. The maximum Gasteiger partial charge on any atom is 0.230 e. The zero-order valence-electron chi connectivity index (χ0n) is 13.2. The summed E-state index contributed by atoms with van der Waals surface area (Å²) in [6.45, 7) is 4.27. The van der Waals surface area contributed by atoms with Gasteiger partial charge in [-0.15, -0.1) is 0 Å². The second-order valence-electron chi connectivity index (χ2n) is 5.50. The molecule has 0 radical (unpaired) electrons. The van der Waals surface area contributed by atoms with E-state index in [0.29, 0.717) is 18.0 Å². The lowest BCUT2D eigenvalue weighted by Gasteiger charge is -2.16. The van der Waals surface area contributed by atoms with Crippen LogP contribution in [0.15, 0.2) is 41.0 Å². The number of carboxylic acids is 1. The molecule has 2 aromatic rings. The summed E-state index contributed by atoms with van der Waals surface area (Å²) in [5.41, 5.74) is 2.84. The standard InChI is InChI=1S/C17H20N2O4/c1-11-5-6-13(8-12(11)2)19-16(20)9-15(17(21)22)18-10-14-4-3-7-23-14/h3-8,15,18H,9-10H2,1-2H3,(H,19,20)(H,21,22)/t15-/m0/s1. The van der Waals surface area contributed by atoms with Crippen LogP contribution in [0.25, 0.3) is 0 Å². The Hall–Kier alpha value is -2.60. The SMILES string of the molecule is Cc1ccc(NC(=O)C[C@H]([NH2+]Cc2ccco2)C(=O)[O-])cc1C. The normalized spacial score (nSPS) is 11.9. The van der Waals surface area contributed by atoms with Crippen LogP contribution in [0, 0.1) is 13.8 Å². The van der Waals surface area contributed by atoms with Gasteiger partial charge in [-0.05, 0) is 49.2 Å². The minimum Gasteiger partial charge on any atom is -0.544 e. The molecule has 3 N–H and O–H groups in total. The summed E-state index contributed by atoms with van der Waals surface area (Å²) in [5, 5.41) is 15.4. The Balaban J connectivity index is 1.91. The number of carboxylic acid groups (broad SMARTS) is 1. The zero-order chi connectivity index (χ0) is 16.8. The average Bonchev–Trinajstić information content (AvgIpc) is 3.00. The first kappa shape index (κ1) is 16.8. The van der Waals surface area contributed by atoms with Gasteiger partial charge in [0.2, 0.25) is 5.91 Å². The van der Waals surface area contributed by atoms with E-state index in [4.69, 9.17) is 4.42 Å². The molecule has 0 aliphatic heterocycles. The van der Waals surface area contributed by atoms with Crippen molar-refractivity contribution in [1.82, 2.24) is 0 Å². The lowest BCUT2D eigenvalue weighted by atomic mass is 10.1. The van der Waals surface area contributed by atoms with Crippen LogP contribution >= 0.6 is 0 Å². The van der Waals surface area contributed by atoms with Gasteiger partial charge in [-0.3, -0.25) is 4.79 Å². The van der Waals surface area contributed by atoms with E-state index in [2.05, 4.69) is 5.32 Å². The Morgan fingerprint density at radius 3 is 2.65 bits per heavy atom. The molecular formula is C17H20N2O4. The molecule has 6 nitrogen and oxygen atoms in total. The third-order valence-electron chi connectivity index (χ3n) is 3.68. The zero-order valence-corrected chi connectivity index (χ0v) is 13.2. The average molecular weight is 316 g/mol. The number of nitrogens with one attached hydrogen (secondary N) is 1. The third kappa shape index (κ3) is 4.96. The maximum atomic E-state index is 12.0. The summed E-state index contributed by atoms with van der Waals surface area (Å²) in [5.74, 6) is -0.990. The van der Waals surface area contributed by atoms with Crippen LogP contribution in [0.3, 0.4) is 0 Å². The summed E-state index contributed by atoms with van der Waals surface area (Å²) in [7, 11) is 0. The molecule has 1 aromatic heterocycles. The van der Waals surface area contributed by atoms with Gasteiger partial charge in [0.05, 0.1) is 18.7 Å². The van der Waals surface area contributed by atoms with Crippen molar-refractivity contribution in [2.75, 3.05) is 5.32 Å². The number of aliphatic carboxylic acids is 1. The van der Waals surface area contributed by atoms with Crippen molar-refractivity contribution in [3.8, 4) is 0 Å². The van der Waals surface area contributed by atoms with E-state index < -0.39 is 12.0 Å². The number of nitrogens with two attached hydrogens (primary N) is 1. The molecule has 0 saturated heterocycles. The third-order valence-corrected chi connectivity index (χ3v) is 3.68. The van der Waals surface area contributed by atoms with Crippen molar-refractivity contribution in [1.29, 1.82) is 0 Å². The van der Waals surface area contributed by atoms with Gasteiger partial charge in [-0.25, -0.2) is 0 Å². The van der Waals surface area contributed by atoms with E-state index >= 15 is 0 Å². The second-order valence-corrected chi connectivity index (χ2v) is 5.50. The molecule has 0 saturated carbocycles. The number of hydrogen-bond acceptors (Lipinski definition) is 4. The molecule has 1 heterocycles. The molecule has 0 unspecified atom stereocenters. The van der Waals surface area contributed by atoms with E-state index in [9.17, 15) is 14.7 Å². The molecule has 1 amide bonds. The highest BCUT2D eigenvalue weighted by molar-refractivity contribution is 5.93. The smallest absolute Gasteiger partial charge is 0.230 e. The summed E-state index contributed by atoms with van der Waals surface area (Å²) in [4.78, 5) is 23.2. The second kappa shape index (κ2) is 7.60. The van der Waals surface area contributed by atoms with Gasteiger partial charge < -0.3 is 25.0 Å².